The molecule has 2 unspecified atom stereocenters. The maximum absolute atomic E-state index is 12.8. The summed E-state index contributed by atoms with van der Waals surface area (Å²) in [6.45, 7) is 4.21. The lowest BCUT2D eigenvalue weighted by atomic mass is 10.1. The average Bonchev–Trinajstić information content (AvgIpc) is 3.21. The van der Waals surface area contributed by atoms with Crippen molar-refractivity contribution in [1.82, 2.24) is 14.7 Å². The van der Waals surface area contributed by atoms with E-state index in [1.807, 2.05) is 30.3 Å². The summed E-state index contributed by atoms with van der Waals surface area (Å²) in [5.74, 6) is -0.0262. The zero-order valence-electron chi connectivity index (χ0n) is 18.2. The van der Waals surface area contributed by atoms with Gasteiger partial charge in [-0.1, -0.05) is 29.8 Å². The van der Waals surface area contributed by atoms with Gasteiger partial charge < -0.3 is 14.9 Å². The van der Waals surface area contributed by atoms with E-state index in [-0.39, 0.29) is 17.9 Å². The molecular weight excluding hydrogens is 428 g/mol. The predicted molar refractivity (Wildman–Crippen MR) is 125 cm³/mol. The second-order valence-electron chi connectivity index (χ2n) is 8.45. The minimum Gasteiger partial charge on any atom is -0.390 e. The fourth-order valence-corrected chi connectivity index (χ4v) is 4.54. The molecule has 0 saturated carbocycles. The third-order valence-corrected chi connectivity index (χ3v) is 6.64. The van der Waals surface area contributed by atoms with Crippen LogP contribution in [0.25, 0.3) is 0 Å². The van der Waals surface area contributed by atoms with Crippen molar-refractivity contribution in [3.8, 4) is 0 Å². The van der Waals surface area contributed by atoms with Gasteiger partial charge in [-0.3, -0.25) is 19.4 Å². The smallest absolute Gasteiger partial charge is 0.253 e. The zero-order chi connectivity index (χ0) is 22.7. The van der Waals surface area contributed by atoms with Crippen LogP contribution in [0.5, 0.6) is 0 Å². The second kappa shape index (κ2) is 10.0. The minimum absolute atomic E-state index is 0.0605. The van der Waals surface area contributed by atoms with Crippen LogP contribution in [0.1, 0.15) is 10.4 Å². The maximum Gasteiger partial charge on any atom is 0.253 e. The Morgan fingerprint density at radius 1 is 1.00 bits per heavy atom. The first-order valence-electron chi connectivity index (χ1n) is 10.9. The SMILES string of the molecule is CN(C(=O)CN1CCN(C2CN(C(=O)c3ccc(Cl)cc3)CC2O)CC1)c1ccccc1. The van der Waals surface area contributed by atoms with E-state index in [1.165, 1.54) is 0 Å². The van der Waals surface area contributed by atoms with Crippen LogP contribution in [0.4, 0.5) is 5.69 Å². The normalized spacial score (nSPS) is 22.2. The first-order chi connectivity index (χ1) is 15.4. The van der Waals surface area contributed by atoms with Gasteiger partial charge in [0.2, 0.25) is 5.91 Å². The molecule has 0 spiro atoms. The highest BCUT2D eigenvalue weighted by Crippen LogP contribution is 2.21. The number of halogens is 1. The summed E-state index contributed by atoms with van der Waals surface area (Å²) in [5.41, 5.74) is 1.46. The van der Waals surface area contributed by atoms with Crippen LogP contribution < -0.4 is 4.90 Å². The van der Waals surface area contributed by atoms with E-state index in [4.69, 9.17) is 11.6 Å². The predicted octanol–water partition coefficient (Wildman–Crippen LogP) is 1.81. The number of para-hydroxylation sites is 1. The number of likely N-dealkylation sites (tertiary alicyclic amines) is 1. The van der Waals surface area contributed by atoms with Crippen LogP contribution in [0.3, 0.4) is 0 Å². The number of likely N-dealkylation sites (N-methyl/N-ethyl adjacent to an activating group) is 1. The molecule has 2 atom stereocenters. The fraction of sp³-hybridized carbons (Fsp3) is 0.417. The lowest BCUT2D eigenvalue weighted by molar-refractivity contribution is -0.120. The number of hydrogen-bond acceptors (Lipinski definition) is 5. The van der Waals surface area contributed by atoms with Gasteiger partial charge in [-0.2, -0.15) is 0 Å². The largest absolute Gasteiger partial charge is 0.390 e. The Kier molecular flexibility index (Phi) is 7.10. The molecule has 0 aromatic heterocycles. The number of carbonyl (C=O) groups is 2. The van der Waals surface area contributed by atoms with E-state index in [0.29, 0.717) is 30.2 Å². The van der Waals surface area contributed by atoms with Gasteiger partial charge in [-0.15, -0.1) is 0 Å². The summed E-state index contributed by atoms with van der Waals surface area (Å²) in [5, 5.41) is 11.2. The monoisotopic (exact) mass is 456 g/mol. The van der Waals surface area contributed by atoms with Crippen molar-refractivity contribution in [3.63, 3.8) is 0 Å². The Morgan fingerprint density at radius 2 is 1.66 bits per heavy atom. The van der Waals surface area contributed by atoms with E-state index in [0.717, 1.165) is 31.9 Å². The van der Waals surface area contributed by atoms with Crippen molar-refractivity contribution in [2.75, 3.05) is 57.8 Å². The van der Waals surface area contributed by atoms with E-state index < -0.39 is 6.10 Å². The molecule has 2 aromatic carbocycles. The van der Waals surface area contributed by atoms with Gasteiger partial charge in [0, 0.05) is 62.6 Å². The highest BCUT2D eigenvalue weighted by atomic mass is 35.5. The van der Waals surface area contributed by atoms with Crippen LogP contribution >= 0.6 is 11.6 Å². The van der Waals surface area contributed by atoms with Crippen LogP contribution in [0.2, 0.25) is 5.02 Å². The number of anilines is 1. The highest BCUT2D eigenvalue weighted by molar-refractivity contribution is 6.30. The summed E-state index contributed by atoms with van der Waals surface area (Å²) in [6, 6.07) is 16.4. The third kappa shape index (κ3) is 5.13. The van der Waals surface area contributed by atoms with Gasteiger partial charge in [-0.25, -0.2) is 0 Å². The van der Waals surface area contributed by atoms with Gasteiger partial charge in [-0.05, 0) is 36.4 Å². The van der Waals surface area contributed by atoms with Gasteiger partial charge in [0.05, 0.1) is 18.7 Å². The van der Waals surface area contributed by atoms with E-state index in [9.17, 15) is 14.7 Å². The molecule has 7 nitrogen and oxygen atoms in total. The third-order valence-electron chi connectivity index (χ3n) is 6.39. The summed E-state index contributed by atoms with van der Waals surface area (Å²) in [7, 11) is 1.80. The number of amides is 2. The van der Waals surface area contributed by atoms with Crippen LogP contribution in [0.15, 0.2) is 54.6 Å². The van der Waals surface area contributed by atoms with Crippen molar-refractivity contribution < 1.29 is 14.7 Å². The van der Waals surface area contributed by atoms with Gasteiger partial charge in [0.25, 0.3) is 5.91 Å². The zero-order valence-corrected chi connectivity index (χ0v) is 19.0. The number of benzene rings is 2. The van der Waals surface area contributed by atoms with E-state index >= 15 is 0 Å². The number of carbonyl (C=O) groups excluding carboxylic acids is 2. The molecule has 4 rings (SSSR count). The first-order valence-corrected chi connectivity index (χ1v) is 11.3. The molecule has 2 saturated heterocycles. The number of β-amino-alcohol motifs (C(OH)–C–C–N with tert-alkyl or cyclic N) is 1. The summed E-state index contributed by atoms with van der Waals surface area (Å²) in [4.78, 5) is 33.2. The summed E-state index contributed by atoms with van der Waals surface area (Å²) < 4.78 is 0. The van der Waals surface area contributed by atoms with Gasteiger partial charge >= 0.3 is 0 Å². The topological polar surface area (TPSA) is 67.3 Å². The molecule has 2 amide bonds. The van der Waals surface area contributed by atoms with Crippen LogP contribution in [0, 0.1) is 0 Å². The molecule has 2 fully saturated rings. The molecule has 2 heterocycles. The van der Waals surface area contributed by atoms with Crippen molar-refractivity contribution in [2.24, 2.45) is 0 Å². The Bertz CT molecular complexity index is 932. The fourth-order valence-electron chi connectivity index (χ4n) is 4.42. The van der Waals surface area contributed by atoms with Gasteiger partial charge in [0.15, 0.2) is 0 Å². The summed E-state index contributed by atoms with van der Waals surface area (Å²) in [6.07, 6.45) is -0.580. The number of aliphatic hydroxyl groups excluding tert-OH is 1. The van der Waals surface area contributed by atoms with Crippen molar-refractivity contribution in [2.45, 2.75) is 12.1 Å². The molecule has 1 N–H and O–H groups in total. The summed E-state index contributed by atoms with van der Waals surface area (Å²) >= 11 is 5.92. The molecule has 32 heavy (non-hydrogen) atoms. The second-order valence-corrected chi connectivity index (χ2v) is 8.89. The molecule has 2 aliphatic rings. The van der Waals surface area contributed by atoms with Gasteiger partial charge in [0.1, 0.15) is 0 Å². The molecule has 2 aromatic rings. The van der Waals surface area contributed by atoms with Crippen LogP contribution in [-0.2, 0) is 4.79 Å². The Balaban J connectivity index is 1.28. The number of rotatable bonds is 5. The molecule has 0 radical (unpaired) electrons. The molecule has 2 aliphatic heterocycles. The van der Waals surface area contributed by atoms with Crippen molar-refractivity contribution >= 4 is 29.1 Å². The molecule has 170 valence electrons. The Labute approximate surface area is 193 Å². The first kappa shape index (κ1) is 22.7. The lowest BCUT2D eigenvalue weighted by Gasteiger charge is -2.38. The molecule has 0 bridgehead atoms. The van der Waals surface area contributed by atoms with Crippen molar-refractivity contribution in [1.29, 1.82) is 0 Å². The van der Waals surface area contributed by atoms with Crippen molar-refractivity contribution in [3.05, 3.63) is 65.2 Å². The number of aliphatic hydroxyl groups is 1. The standard InChI is InChI=1S/C24H29ClN4O3/c1-26(20-5-3-2-4-6-20)23(31)17-27-11-13-28(14-12-27)21-15-29(16-22(21)30)24(32)18-7-9-19(25)10-8-18/h2-10,21-22,30H,11-17H2,1H3. The Morgan fingerprint density at radius 3 is 2.31 bits per heavy atom. The number of nitrogens with zero attached hydrogens (tertiary/aromatic N) is 4. The highest BCUT2D eigenvalue weighted by Gasteiger charge is 2.39. The molecule has 0 aliphatic carbocycles. The van der Waals surface area contributed by atoms with E-state index in [1.54, 1.807) is 41.1 Å². The minimum atomic E-state index is -0.580. The Hall–Kier alpha value is -2.45. The van der Waals surface area contributed by atoms with E-state index in [2.05, 4.69) is 9.80 Å². The quantitative estimate of drug-likeness (QED) is 0.743. The molecular formula is C24H29ClN4O3. The lowest BCUT2D eigenvalue weighted by Crippen LogP contribution is -2.55. The number of hydrogen-bond donors (Lipinski definition) is 1. The number of piperazine rings is 1. The molecule has 8 heteroatoms. The average molecular weight is 457 g/mol. The maximum atomic E-state index is 12.8. The van der Waals surface area contributed by atoms with Crippen LogP contribution in [-0.4, -0.2) is 96.6 Å².